The largest absolute Gasteiger partial charge is 0.463 e. The van der Waals surface area contributed by atoms with Gasteiger partial charge in [0.1, 0.15) is 12.7 Å². The summed E-state index contributed by atoms with van der Waals surface area (Å²) in [5.74, 6) is -0.111. The Kier molecular flexibility index (Phi) is 4.54. The van der Waals surface area contributed by atoms with E-state index in [1.807, 2.05) is 13.0 Å². The van der Waals surface area contributed by atoms with Gasteiger partial charge in [0.2, 0.25) is 0 Å². The fourth-order valence-electron chi connectivity index (χ4n) is 0.953. The molecule has 1 atom stereocenters. The molecule has 0 N–H and O–H groups in total. The molecular formula is C10H16O3. The van der Waals surface area contributed by atoms with Crippen molar-refractivity contribution in [3.8, 4) is 0 Å². The highest BCUT2D eigenvalue weighted by Gasteiger charge is 2.23. The molecule has 3 heteroatoms. The van der Waals surface area contributed by atoms with Crippen molar-refractivity contribution < 1.29 is 14.3 Å². The van der Waals surface area contributed by atoms with Gasteiger partial charge in [-0.05, 0) is 19.8 Å². The number of esters is 1. The average molecular weight is 184 g/mol. The van der Waals surface area contributed by atoms with Gasteiger partial charge in [0.25, 0.3) is 0 Å². The van der Waals surface area contributed by atoms with Crippen LogP contribution in [0.2, 0.25) is 0 Å². The van der Waals surface area contributed by atoms with E-state index < -0.39 is 0 Å². The summed E-state index contributed by atoms with van der Waals surface area (Å²) in [4.78, 5) is 11.0. The molecule has 74 valence electrons. The Bertz CT molecular complexity index is 183. The van der Waals surface area contributed by atoms with Crippen LogP contribution in [0, 0.1) is 0 Å². The predicted octanol–water partition coefficient (Wildman–Crippen LogP) is 1.67. The lowest BCUT2D eigenvalue weighted by Crippen LogP contribution is -2.09. The molecule has 1 fully saturated rings. The summed E-state index contributed by atoms with van der Waals surface area (Å²) < 4.78 is 9.87. The van der Waals surface area contributed by atoms with Crippen LogP contribution in [0.3, 0.4) is 0 Å². The van der Waals surface area contributed by atoms with Crippen LogP contribution < -0.4 is 0 Å². The summed E-state index contributed by atoms with van der Waals surface area (Å²) in [5.41, 5.74) is 0. The zero-order valence-corrected chi connectivity index (χ0v) is 7.99. The van der Waals surface area contributed by atoms with Crippen molar-refractivity contribution in [3.05, 3.63) is 12.2 Å². The van der Waals surface area contributed by atoms with Crippen molar-refractivity contribution >= 4 is 5.97 Å². The number of hydrogen-bond donors (Lipinski definition) is 0. The van der Waals surface area contributed by atoms with E-state index in [9.17, 15) is 4.79 Å². The Balaban J connectivity index is 1.90. The average Bonchev–Trinajstić information content (AvgIpc) is 2.92. The topological polar surface area (TPSA) is 38.8 Å². The number of carbonyl (C=O) groups is 1. The molecule has 1 saturated heterocycles. The predicted molar refractivity (Wildman–Crippen MR) is 49.4 cm³/mol. The highest BCUT2D eigenvalue weighted by atomic mass is 16.6. The number of allylic oxidation sites excluding steroid dienone is 2. The summed E-state index contributed by atoms with van der Waals surface area (Å²) in [6.45, 7) is 3.15. The van der Waals surface area contributed by atoms with E-state index in [4.69, 9.17) is 9.47 Å². The van der Waals surface area contributed by atoms with E-state index in [2.05, 4.69) is 6.08 Å². The van der Waals surface area contributed by atoms with Crippen molar-refractivity contribution in [3.63, 3.8) is 0 Å². The van der Waals surface area contributed by atoms with Crippen LogP contribution >= 0.6 is 0 Å². The molecule has 0 spiro atoms. The molecule has 13 heavy (non-hydrogen) atoms. The van der Waals surface area contributed by atoms with Crippen molar-refractivity contribution in [1.29, 1.82) is 0 Å². The van der Waals surface area contributed by atoms with Gasteiger partial charge < -0.3 is 9.47 Å². The maximum Gasteiger partial charge on any atom is 0.305 e. The van der Waals surface area contributed by atoms with Gasteiger partial charge in [-0.2, -0.15) is 0 Å². The van der Waals surface area contributed by atoms with Gasteiger partial charge in [0.15, 0.2) is 0 Å². The van der Waals surface area contributed by atoms with E-state index in [0.717, 1.165) is 19.4 Å². The van der Waals surface area contributed by atoms with E-state index >= 15 is 0 Å². The Labute approximate surface area is 78.7 Å². The van der Waals surface area contributed by atoms with Gasteiger partial charge >= 0.3 is 5.97 Å². The highest BCUT2D eigenvalue weighted by Crippen LogP contribution is 2.09. The lowest BCUT2D eigenvalue weighted by molar-refractivity contribution is -0.144. The SMILES string of the molecule is C/C=C/CCCC(=O)OCC1CO1. The lowest BCUT2D eigenvalue weighted by Gasteiger charge is -2.00. The van der Waals surface area contributed by atoms with E-state index in [-0.39, 0.29) is 12.1 Å². The lowest BCUT2D eigenvalue weighted by atomic mass is 10.2. The molecule has 1 aliphatic heterocycles. The van der Waals surface area contributed by atoms with Crippen LogP contribution in [0.5, 0.6) is 0 Å². The third-order valence-corrected chi connectivity index (χ3v) is 1.82. The first-order chi connectivity index (χ1) is 6.33. The molecule has 0 amide bonds. The maximum atomic E-state index is 11.0. The standard InChI is InChI=1S/C10H16O3/c1-2-3-4-5-6-10(11)13-8-9-7-12-9/h2-3,9H,4-8H2,1H3/b3-2+. The minimum absolute atomic E-state index is 0.111. The van der Waals surface area contributed by atoms with Gasteiger partial charge in [-0.1, -0.05) is 12.2 Å². The molecule has 1 heterocycles. The minimum atomic E-state index is -0.111. The minimum Gasteiger partial charge on any atom is -0.463 e. The van der Waals surface area contributed by atoms with E-state index in [0.29, 0.717) is 13.0 Å². The molecule has 1 aliphatic rings. The van der Waals surface area contributed by atoms with Gasteiger partial charge in [-0.3, -0.25) is 4.79 Å². The molecule has 0 saturated carbocycles. The quantitative estimate of drug-likeness (QED) is 0.273. The summed E-state index contributed by atoms with van der Waals surface area (Å²) in [6.07, 6.45) is 6.55. The Morgan fingerprint density at radius 2 is 2.46 bits per heavy atom. The van der Waals surface area contributed by atoms with Gasteiger partial charge in [-0.25, -0.2) is 0 Å². The number of hydrogen-bond acceptors (Lipinski definition) is 3. The second kappa shape index (κ2) is 5.75. The summed E-state index contributed by atoms with van der Waals surface area (Å²) in [7, 11) is 0. The van der Waals surface area contributed by atoms with Gasteiger partial charge in [-0.15, -0.1) is 0 Å². The second-order valence-electron chi connectivity index (χ2n) is 3.10. The number of epoxide rings is 1. The molecule has 0 aromatic carbocycles. The molecule has 0 radical (unpaired) electrons. The number of rotatable bonds is 6. The highest BCUT2D eigenvalue weighted by molar-refractivity contribution is 5.69. The normalized spacial score (nSPS) is 20.5. The Hall–Kier alpha value is -0.830. The molecule has 0 aliphatic carbocycles. The maximum absolute atomic E-state index is 11.0. The zero-order chi connectivity index (χ0) is 9.52. The van der Waals surface area contributed by atoms with Crippen molar-refractivity contribution in [2.75, 3.05) is 13.2 Å². The van der Waals surface area contributed by atoms with Crippen molar-refractivity contribution in [2.24, 2.45) is 0 Å². The fraction of sp³-hybridized carbons (Fsp3) is 0.700. The van der Waals surface area contributed by atoms with Crippen LogP contribution in [0.25, 0.3) is 0 Å². The van der Waals surface area contributed by atoms with Gasteiger partial charge in [0, 0.05) is 6.42 Å². The summed E-state index contributed by atoms with van der Waals surface area (Å²) >= 11 is 0. The first-order valence-electron chi connectivity index (χ1n) is 4.71. The van der Waals surface area contributed by atoms with Crippen LogP contribution in [0.15, 0.2) is 12.2 Å². The molecule has 3 nitrogen and oxygen atoms in total. The summed E-state index contributed by atoms with van der Waals surface area (Å²) in [5, 5.41) is 0. The number of carbonyl (C=O) groups excluding carboxylic acids is 1. The molecule has 0 bridgehead atoms. The molecule has 0 aromatic rings. The number of ether oxygens (including phenoxy) is 2. The summed E-state index contributed by atoms with van der Waals surface area (Å²) in [6, 6.07) is 0. The van der Waals surface area contributed by atoms with Crippen molar-refractivity contribution in [1.82, 2.24) is 0 Å². The third-order valence-electron chi connectivity index (χ3n) is 1.82. The monoisotopic (exact) mass is 184 g/mol. The third kappa shape index (κ3) is 5.42. The van der Waals surface area contributed by atoms with Crippen LogP contribution in [-0.4, -0.2) is 25.3 Å². The molecular weight excluding hydrogens is 168 g/mol. The van der Waals surface area contributed by atoms with Gasteiger partial charge in [0.05, 0.1) is 6.61 Å². The Morgan fingerprint density at radius 1 is 1.69 bits per heavy atom. The molecule has 1 rings (SSSR count). The first-order valence-corrected chi connectivity index (χ1v) is 4.71. The zero-order valence-electron chi connectivity index (χ0n) is 7.99. The van der Waals surface area contributed by atoms with E-state index in [1.165, 1.54) is 0 Å². The van der Waals surface area contributed by atoms with Crippen LogP contribution in [0.4, 0.5) is 0 Å². The molecule has 1 unspecified atom stereocenters. The Morgan fingerprint density at radius 3 is 3.08 bits per heavy atom. The first kappa shape index (κ1) is 10.3. The smallest absolute Gasteiger partial charge is 0.305 e. The number of unbranched alkanes of at least 4 members (excludes halogenated alkanes) is 1. The second-order valence-corrected chi connectivity index (χ2v) is 3.10. The van der Waals surface area contributed by atoms with Crippen molar-refractivity contribution in [2.45, 2.75) is 32.3 Å². The molecule has 0 aromatic heterocycles. The van der Waals surface area contributed by atoms with E-state index in [1.54, 1.807) is 0 Å². The van der Waals surface area contributed by atoms with Crippen LogP contribution in [0.1, 0.15) is 26.2 Å². The fourth-order valence-corrected chi connectivity index (χ4v) is 0.953. The van der Waals surface area contributed by atoms with Crippen LogP contribution in [-0.2, 0) is 14.3 Å².